The quantitative estimate of drug-likeness (QED) is 0.869. The highest BCUT2D eigenvalue weighted by Crippen LogP contribution is 2.36. The second-order valence-electron chi connectivity index (χ2n) is 3.68. The van der Waals surface area contributed by atoms with Crippen molar-refractivity contribution in [1.29, 1.82) is 0 Å². The number of benzene rings is 1. The van der Waals surface area contributed by atoms with E-state index in [1.54, 1.807) is 30.1 Å². The van der Waals surface area contributed by atoms with Crippen LogP contribution in [0.5, 0.6) is 0 Å². The molecule has 2 N–H and O–H groups in total. The highest BCUT2D eigenvalue weighted by Gasteiger charge is 2.14. The van der Waals surface area contributed by atoms with Crippen molar-refractivity contribution in [2.24, 2.45) is 5.73 Å². The van der Waals surface area contributed by atoms with E-state index in [0.29, 0.717) is 6.54 Å². The van der Waals surface area contributed by atoms with Crippen molar-refractivity contribution < 1.29 is 4.39 Å². The summed E-state index contributed by atoms with van der Waals surface area (Å²) in [5.74, 6) is -0.237. The maximum absolute atomic E-state index is 12.9. The van der Waals surface area contributed by atoms with E-state index in [0.717, 1.165) is 15.1 Å². The Morgan fingerprint density at radius 1 is 1.28 bits per heavy atom. The smallest absolute Gasteiger partial charge is 0.123 e. The molecule has 2 nitrogen and oxygen atoms in total. The van der Waals surface area contributed by atoms with E-state index >= 15 is 0 Å². The van der Waals surface area contributed by atoms with Crippen molar-refractivity contribution >= 4 is 27.7 Å². The molecule has 0 fully saturated rings. The largest absolute Gasteiger partial charge is 0.329 e. The zero-order valence-electron chi connectivity index (χ0n) is 9.51. The molecule has 1 unspecified atom stereocenters. The van der Waals surface area contributed by atoms with Gasteiger partial charge in [0.15, 0.2) is 0 Å². The summed E-state index contributed by atoms with van der Waals surface area (Å²) in [5.41, 5.74) is 6.78. The van der Waals surface area contributed by atoms with E-state index in [1.165, 1.54) is 12.1 Å². The third kappa shape index (κ3) is 3.31. The summed E-state index contributed by atoms with van der Waals surface area (Å²) >= 11 is 5.02. The normalized spacial score (nSPS) is 12.4. The van der Waals surface area contributed by atoms with E-state index in [-0.39, 0.29) is 11.1 Å². The molecule has 0 radical (unpaired) electrons. The molecule has 18 heavy (non-hydrogen) atoms. The Hall–Kier alpha value is -0.910. The van der Waals surface area contributed by atoms with Crippen LogP contribution >= 0.6 is 27.7 Å². The van der Waals surface area contributed by atoms with Gasteiger partial charge in [-0.05, 0) is 45.8 Å². The van der Waals surface area contributed by atoms with E-state index in [4.69, 9.17) is 5.73 Å². The molecular weight excluding hydrogens is 315 g/mol. The van der Waals surface area contributed by atoms with Gasteiger partial charge in [0.1, 0.15) is 10.8 Å². The fourth-order valence-electron chi connectivity index (χ4n) is 1.52. The Morgan fingerprint density at radius 2 is 2.00 bits per heavy atom. The van der Waals surface area contributed by atoms with Gasteiger partial charge in [-0.15, -0.1) is 0 Å². The molecule has 0 aliphatic rings. The molecule has 1 heterocycles. The van der Waals surface area contributed by atoms with Gasteiger partial charge in [-0.25, -0.2) is 9.37 Å². The van der Waals surface area contributed by atoms with Crippen LogP contribution < -0.4 is 5.73 Å². The van der Waals surface area contributed by atoms with Crippen LogP contribution in [0.3, 0.4) is 0 Å². The average molecular weight is 327 g/mol. The van der Waals surface area contributed by atoms with Crippen molar-refractivity contribution in [3.05, 3.63) is 58.4 Å². The molecular formula is C13H12BrFN2S. The number of nitrogens with two attached hydrogens (primary N) is 1. The summed E-state index contributed by atoms with van der Waals surface area (Å²) in [4.78, 5) is 4.30. The molecule has 0 amide bonds. The van der Waals surface area contributed by atoms with Crippen molar-refractivity contribution in [2.45, 2.75) is 10.3 Å². The van der Waals surface area contributed by atoms with E-state index in [9.17, 15) is 4.39 Å². The number of aromatic nitrogens is 1. The van der Waals surface area contributed by atoms with Crippen molar-refractivity contribution in [1.82, 2.24) is 4.98 Å². The third-order valence-corrected chi connectivity index (χ3v) is 4.63. The van der Waals surface area contributed by atoms with Crippen molar-refractivity contribution in [3.63, 3.8) is 0 Å². The molecule has 5 heteroatoms. The fourth-order valence-corrected chi connectivity index (χ4v) is 3.02. The lowest BCUT2D eigenvalue weighted by Gasteiger charge is -2.14. The molecule has 0 aliphatic heterocycles. The lowest BCUT2D eigenvalue weighted by molar-refractivity contribution is 0.627. The predicted octanol–water partition coefficient (Wildman–Crippen LogP) is 3.78. The van der Waals surface area contributed by atoms with Crippen LogP contribution in [0.25, 0.3) is 0 Å². The van der Waals surface area contributed by atoms with Gasteiger partial charge in [-0.2, -0.15) is 0 Å². The first kappa shape index (κ1) is 13.5. The molecule has 2 aromatic rings. The average Bonchev–Trinajstić information content (AvgIpc) is 2.39. The van der Waals surface area contributed by atoms with Gasteiger partial charge >= 0.3 is 0 Å². The monoisotopic (exact) mass is 326 g/mol. The first-order chi connectivity index (χ1) is 8.70. The van der Waals surface area contributed by atoms with Crippen LogP contribution in [-0.4, -0.2) is 11.5 Å². The highest BCUT2D eigenvalue weighted by molar-refractivity contribution is 9.10. The Labute approximate surface area is 118 Å². The van der Waals surface area contributed by atoms with Crippen LogP contribution in [-0.2, 0) is 0 Å². The maximum atomic E-state index is 12.9. The Morgan fingerprint density at radius 3 is 2.61 bits per heavy atom. The highest BCUT2D eigenvalue weighted by atomic mass is 79.9. The first-order valence-electron chi connectivity index (χ1n) is 5.43. The molecule has 0 aliphatic carbocycles. The summed E-state index contributed by atoms with van der Waals surface area (Å²) in [6.07, 6.45) is 1.74. The molecule has 2 rings (SSSR count). The minimum atomic E-state index is -0.237. The number of hydrogen-bond donors (Lipinski definition) is 1. The second-order valence-corrected chi connectivity index (χ2v) is 5.73. The van der Waals surface area contributed by atoms with Gasteiger partial charge in [0.05, 0.1) is 0 Å². The zero-order chi connectivity index (χ0) is 13.0. The van der Waals surface area contributed by atoms with E-state index < -0.39 is 0 Å². The van der Waals surface area contributed by atoms with Crippen LogP contribution in [0.2, 0.25) is 0 Å². The molecule has 1 atom stereocenters. The number of halogens is 2. The van der Waals surface area contributed by atoms with E-state index in [2.05, 4.69) is 20.9 Å². The fraction of sp³-hybridized carbons (Fsp3) is 0.154. The minimum absolute atomic E-state index is 0.0665. The second kappa shape index (κ2) is 6.31. The molecule has 0 saturated heterocycles. The van der Waals surface area contributed by atoms with E-state index in [1.807, 2.05) is 12.1 Å². The van der Waals surface area contributed by atoms with Gasteiger partial charge in [0.2, 0.25) is 0 Å². The summed E-state index contributed by atoms with van der Waals surface area (Å²) in [6, 6.07) is 10.2. The van der Waals surface area contributed by atoms with Crippen molar-refractivity contribution in [2.75, 3.05) is 6.54 Å². The van der Waals surface area contributed by atoms with Crippen LogP contribution in [0.15, 0.2) is 52.1 Å². The Kier molecular flexibility index (Phi) is 4.74. The predicted molar refractivity (Wildman–Crippen MR) is 76.0 cm³/mol. The Balaban J connectivity index is 2.20. The zero-order valence-corrected chi connectivity index (χ0v) is 11.9. The van der Waals surface area contributed by atoms with Crippen LogP contribution in [0.1, 0.15) is 10.8 Å². The molecule has 0 bridgehead atoms. The molecule has 0 saturated carbocycles. The number of rotatable bonds is 4. The Bertz CT molecular complexity index is 519. The summed E-state index contributed by atoms with van der Waals surface area (Å²) in [7, 11) is 0. The maximum Gasteiger partial charge on any atom is 0.123 e. The number of hydrogen-bond acceptors (Lipinski definition) is 3. The molecule has 0 spiro atoms. The lowest BCUT2D eigenvalue weighted by Crippen LogP contribution is -2.09. The summed E-state index contributed by atoms with van der Waals surface area (Å²) in [5, 5.41) is 0.953. The summed E-state index contributed by atoms with van der Waals surface area (Å²) < 4.78 is 13.8. The number of pyridine rings is 1. The van der Waals surface area contributed by atoms with Gasteiger partial charge in [0, 0.05) is 22.5 Å². The van der Waals surface area contributed by atoms with Gasteiger partial charge in [0.25, 0.3) is 0 Å². The van der Waals surface area contributed by atoms with Crippen LogP contribution in [0.4, 0.5) is 4.39 Å². The molecule has 94 valence electrons. The van der Waals surface area contributed by atoms with Gasteiger partial charge in [-0.1, -0.05) is 23.9 Å². The van der Waals surface area contributed by atoms with Gasteiger partial charge in [-0.3, -0.25) is 0 Å². The summed E-state index contributed by atoms with van der Waals surface area (Å²) in [6.45, 7) is 0.472. The van der Waals surface area contributed by atoms with Crippen LogP contribution in [0, 0.1) is 5.82 Å². The minimum Gasteiger partial charge on any atom is -0.329 e. The molecule has 1 aromatic heterocycles. The molecule has 1 aromatic carbocycles. The van der Waals surface area contributed by atoms with Crippen molar-refractivity contribution in [3.8, 4) is 0 Å². The number of nitrogens with zero attached hydrogens (tertiary/aromatic N) is 1. The number of thioether (sulfide) groups is 1. The lowest BCUT2D eigenvalue weighted by atomic mass is 10.1. The topological polar surface area (TPSA) is 38.9 Å². The standard InChI is InChI=1S/C13H12BrFN2S/c14-11-2-1-7-17-13(11)18-12(8-16)9-3-5-10(15)6-4-9/h1-7,12H,8,16H2. The first-order valence-corrected chi connectivity index (χ1v) is 7.10. The van der Waals surface area contributed by atoms with Gasteiger partial charge < -0.3 is 5.73 Å². The third-order valence-electron chi connectivity index (χ3n) is 2.43. The SMILES string of the molecule is NCC(Sc1ncccc1Br)c1ccc(F)cc1.